The SMILES string of the molecule is COC1OC(C)[C@@H](O)C(O)[C@@H]1O.COC1OC(C)[C@H](O)C(O)[C@@H]1O.COC1OC(CO)[C@@H](O)[C@H](O)C1O.COC1OC(CO)[C@@H](O)[C@H](O)C1O.COC1OC(CO)[C@@H](O[C@@H]2OC(CO)[C@H](O)[C@H](O)C2O)[C@H](O)C1O.COC1OC(CO)[C@H](O)[C@H](O)C1O.CO[C@]1(C(=O)O)CC(O)[C@@H](C)C([C@H](O)[C@H](O)CO)O1.N#CO. The zero-order chi connectivity index (χ0) is 84.1. The fraction of sp³-hybridized carbons (Fsp3) is 0.967. The molecule has 8 rings (SSSR count). The van der Waals surface area contributed by atoms with Crippen molar-refractivity contribution < 1.29 is 239 Å². The van der Waals surface area contributed by atoms with Crippen molar-refractivity contribution in [2.45, 2.75) is 272 Å². The zero-order valence-electron chi connectivity index (χ0n) is 60.8. The van der Waals surface area contributed by atoms with Crippen molar-refractivity contribution in [1.82, 2.24) is 0 Å². The second kappa shape index (κ2) is 50.4. The number of aliphatic hydroxyl groups excluding tert-OH is 30. The molecule has 8 heterocycles. The smallest absolute Gasteiger partial charge is 0.364 e. The molecule has 31 N–H and O–H groups in total. The standard InChI is InChI=1S/C13H24O11.C11H20O8.3C7H14O6.2C7H14O5.CHNO/c1-21-12-10(20)8(18)11(5(3-15)23-12)24-13-9(19)7(17)6(16)4(2-14)22-13;1-5-6(13)3-11(18-2,10(16)17)19-9(5)8(15)7(14)4-12;3*1-12-7-6(11)5(10)4(9)3(2-8)13-7;2*1-3-4(8)5(9)6(10)7(11-2)12-3;2-1-3/h4-20H,2-3H2,1H3;5-9,12-15H,3-4H2,1-2H3,(H,16,17);3*3-11H,2H2,1H3;2*3-10H,1-2H3;3H/t4?,5?,6-,7-,8+,9?,10?,11+,12?,13-;5-,6?,7-,8-,9?,11-;2*3?,4-,5+,6?,7?;3?,4-,5-,6?,7?;3?,4-,5?,6+,7?;3?,4-,5?,6-,7?;/m0111010./s1. The number of carboxylic acids is 1. The van der Waals surface area contributed by atoms with Crippen molar-refractivity contribution in [1.29, 1.82) is 5.26 Å². The van der Waals surface area contributed by atoms with Gasteiger partial charge in [-0.25, -0.2) is 4.79 Å². The number of ether oxygens (including phenoxy) is 16. The van der Waals surface area contributed by atoms with E-state index in [2.05, 4.69) is 0 Å². The van der Waals surface area contributed by atoms with Crippen LogP contribution in [0.2, 0.25) is 0 Å². The van der Waals surface area contributed by atoms with Gasteiger partial charge in [0.25, 0.3) is 12.0 Å². The number of rotatable bonds is 18. The molecule has 0 aromatic heterocycles. The number of nitrogens with zero attached hydrogens (tertiary/aromatic N) is 1. The lowest BCUT2D eigenvalue weighted by Crippen LogP contribution is -2.64. The predicted molar refractivity (Wildman–Crippen MR) is 343 cm³/mol. The zero-order valence-corrected chi connectivity index (χ0v) is 60.8. The Bertz CT molecular complexity index is 2270. The molecule has 49 heteroatoms. The van der Waals surface area contributed by atoms with Crippen LogP contribution in [-0.4, -0.2) is 499 Å². The summed E-state index contributed by atoms with van der Waals surface area (Å²) in [7, 11) is 8.98. The molecule has 8 fully saturated rings. The molecule has 22 unspecified atom stereocenters. The maximum atomic E-state index is 11.2. The molecule has 0 aromatic rings. The Balaban J connectivity index is 0.000000642. The van der Waals surface area contributed by atoms with Gasteiger partial charge in [0.1, 0.15) is 171 Å². The maximum absolute atomic E-state index is 11.2. The molecule has 0 amide bonds. The van der Waals surface area contributed by atoms with Crippen LogP contribution in [0.15, 0.2) is 0 Å². The number of hydrogen-bond donors (Lipinski definition) is 31. The highest BCUT2D eigenvalue weighted by Crippen LogP contribution is 2.37. The van der Waals surface area contributed by atoms with E-state index in [0.717, 1.165) is 13.4 Å². The van der Waals surface area contributed by atoms with Gasteiger partial charge in [0.15, 0.2) is 44.0 Å². The van der Waals surface area contributed by atoms with Crippen LogP contribution in [0.1, 0.15) is 27.2 Å². The van der Waals surface area contributed by atoms with E-state index >= 15 is 0 Å². The number of nitriles is 1. The Hall–Kier alpha value is -3.04. The third-order valence-electron chi connectivity index (χ3n) is 18.0. The van der Waals surface area contributed by atoms with Gasteiger partial charge in [-0.3, -0.25) is 0 Å². The average molecular weight is 1620 g/mol. The number of aliphatic hydroxyl groups is 30. The van der Waals surface area contributed by atoms with Gasteiger partial charge >= 0.3 is 5.97 Å². The summed E-state index contributed by atoms with van der Waals surface area (Å²) in [6, 6.07) is 0. The summed E-state index contributed by atoms with van der Waals surface area (Å²) in [6.07, 6.45) is -46.6. The number of methoxy groups -OCH3 is 7. The molecular weight excluding hydrogens is 1500 g/mol. The summed E-state index contributed by atoms with van der Waals surface area (Å²) in [5.74, 6) is -4.14. The minimum absolute atomic E-state index is 0.293. The van der Waals surface area contributed by atoms with Gasteiger partial charge in [0.2, 0.25) is 0 Å². The first kappa shape index (κ1) is 104. The van der Waals surface area contributed by atoms with E-state index in [-0.39, 0.29) is 6.42 Å². The second-order valence-corrected chi connectivity index (χ2v) is 25.2. The van der Waals surface area contributed by atoms with Crippen LogP contribution in [0.4, 0.5) is 0 Å². The van der Waals surface area contributed by atoms with Crippen molar-refractivity contribution in [3.05, 3.63) is 0 Å². The van der Waals surface area contributed by atoms with Crippen LogP contribution in [-0.2, 0) is 80.6 Å². The molecule has 109 heavy (non-hydrogen) atoms. The highest BCUT2D eigenvalue weighted by Gasteiger charge is 2.55. The van der Waals surface area contributed by atoms with Crippen molar-refractivity contribution in [2.75, 3.05) is 89.4 Å². The van der Waals surface area contributed by atoms with Gasteiger partial charge in [0.05, 0.1) is 64.1 Å². The molecule has 41 atom stereocenters. The summed E-state index contributed by atoms with van der Waals surface area (Å²) >= 11 is 0. The molecule has 0 aromatic carbocycles. The topological polar surface area (TPSA) is 816 Å². The third-order valence-corrected chi connectivity index (χ3v) is 18.0. The Morgan fingerprint density at radius 1 is 0.394 bits per heavy atom. The Labute approximate surface area is 622 Å². The minimum atomic E-state index is -2.08. The first-order chi connectivity index (χ1) is 51.0. The van der Waals surface area contributed by atoms with Crippen molar-refractivity contribution in [3.8, 4) is 6.26 Å². The number of carboxylic acid groups (broad SMARTS) is 1. The van der Waals surface area contributed by atoms with Crippen LogP contribution in [0.25, 0.3) is 0 Å². The first-order valence-corrected chi connectivity index (χ1v) is 33.3. The molecule has 648 valence electrons. The average Bonchev–Trinajstić information content (AvgIpc) is 0.789. The van der Waals surface area contributed by atoms with E-state index in [4.69, 9.17) is 117 Å². The molecule has 8 aliphatic heterocycles. The van der Waals surface area contributed by atoms with E-state index in [9.17, 15) is 127 Å². The predicted octanol–water partition coefficient (Wildman–Crippen LogP) is -17.8. The molecule has 0 spiro atoms. The van der Waals surface area contributed by atoms with E-state index in [1.54, 1.807) is 20.8 Å². The molecule has 8 saturated heterocycles. The number of carbonyl (C=O) groups is 1. The van der Waals surface area contributed by atoms with E-state index in [1.807, 2.05) is 0 Å². The highest BCUT2D eigenvalue weighted by molar-refractivity contribution is 5.76. The molecule has 0 saturated carbocycles. The van der Waals surface area contributed by atoms with Gasteiger partial charge in [-0.15, -0.1) is 0 Å². The minimum Gasteiger partial charge on any atom is -0.477 e. The van der Waals surface area contributed by atoms with E-state index in [0.29, 0.717) is 0 Å². The van der Waals surface area contributed by atoms with Gasteiger partial charge in [-0.2, -0.15) is 5.26 Å². The normalized spacial score (nSPS) is 45.3. The van der Waals surface area contributed by atoms with Crippen LogP contribution < -0.4 is 0 Å². The van der Waals surface area contributed by atoms with E-state index < -0.39 is 297 Å². The maximum Gasteiger partial charge on any atom is 0.364 e. The molecule has 0 radical (unpaired) electrons. The van der Waals surface area contributed by atoms with Crippen molar-refractivity contribution in [2.24, 2.45) is 5.92 Å². The summed E-state index contributed by atoms with van der Waals surface area (Å²) in [5.41, 5.74) is 0. The molecule has 0 aliphatic carbocycles. The summed E-state index contributed by atoms with van der Waals surface area (Å²) < 4.78 is 79.2. The van der Waals surface area contributed by atoms with Crippen LogP contribution in [0, 0.1) is 17.4 Å². The van der Waals surface area contributed by atoms with Gasteiger partial charge in [-0.1, -0.05) is 6.92 Å². The lowest BCUT2D eigenvalue weighted by atomic mass is 9.84. The van der Waals surface area contributed by atoms with E-state index in [1.165, 1.54) is 42.7 Å². The summed E-state index contributed by atoms with van der Waals surface area (Å²) in [4.78, 5) is 11.2. The van der Waals surface area contributed by atoms with Gasteiger partial charge in [0, 0.05) is 62.1 Å². The van der Waals surface area contributed by atoms with Gasteiger partial charge < -0.3 is 234 Å². The molecule has 8 aliphatic rings. The fourth-order valence-corrected chi connectivity index (χ4v) is 11.1. The van der Waals surface area contributed by atoms with Crippen LogP contribution in [0.3, 0.4) is 0 Å². The van der Waals surface area contributed by atoms with Gasteiger partial charge in [-0.05, 0) is 13.8 Å². The quantitative estimate of drug-likeness (QED) is 0.0567. The van der Waals surface area contributed by atoms with Crippen LogP contribution in [0.5, 0.6) is 0 Å². The molecular formula is C60H115NO48. The first-order valence-electron chi connectivity index (χ1n) is 33.3. The van der Waals surface area contributed by atoms with Crippen molar-refractivity contribution in [3.63, 3.8) is 0 Å². The van der Waals surface area contributed by atoms with Crippen molar-refractivity contribution >= 4 is 5.97 Å². The number of hydrogen-bond acceptors (Lipinski definition) is 48. The second-order valence-electron chi connectivity index (χ2n) is 25.2. The largest absolute Gasteiger partial charge is 0.477 e. The Morgan fingerprint density at radius 2 is 0.642 bits per heavy atom. The third kappa shape index (κ3) is 27.8. The fourth-order valence-electron chi connectivity index (χ4n) is 11.1. The molecule has 0 bridgehead atoms. The Kier molecular flexibility index (Phi) is 48.1. The number of aliphatic carboxylic acids is 1. The van der Waals surface area contributed by atoms with Crippen LogP contribution >= 0.6 is 0 Å². The molecule has 49 nitrogen and oxygen atoms in total. The lowest BCUT2D eigenvalue weighted by molar-refractivity contribution is -0.357. The summed E-state index contributed by atoms with van der Waals surface area (Å²) in [5, 5.41) is 294. The Morgan fingerprint density at radius 3 is 0.899 bits per heavy atom. The summed E-state index contributed by atoms with van der Waals surface area (Å²) in [6.45, 7) is 1.48. The highest BCUT2D eigenvalue weighted by atomic mass is 16.8. The monoisotopic (exact) mass is 1620 g/mol. The lowest BCUT2D eigenvalue weighted by Gasteiger charge is -2.45.